The van der Waals surface area contributed by atoms with Crippen LogP contribution in [0, 0.1) is 23.2 Å². The fourth-order valence-corrected chi connectivity index (χ4v) is 3.84. The average Bonchev–Trinajstić information content (AvgIpc) is 2.42. The van der Waals surface area contributed by atoms with Gasteiger partial charge in [0, 0.05) is 11.3 Å². The van der Waals surface area contributed by atoms with Gasteiger partial charge in [-0.2, -0.15) is 0 Å². The lowest BCUT2D eigenvalue weighted by Crippen LogP contribution is -2.57. The van der Waals surface area contributed by atoms with Crippen molar-refractivity contribution in [2.24, 2.45) is 23.2 Å². The van der Waals surface area contributed by atoms with E-state index in [0.717, 1.165) is 0 Å². The zero-order chi connectivity index (χ0) is 16.0. The van der Waals surface area contributed by atoms with Gasteiger partial charge in [0.2, 0.25) is 0 Å². The fraction of sp³-hybridized carbons (Fsp3) is 0.688. The second kappa shape index (κ2) is 5.05. The topological polar surface area (TPSA) is 80.7 Å². The number of Topliss-reactive ketones (excluding diaryl/α,β-unsaturated/α-hetero) is 1. The normalized spacial score (nSPS) is 38.6. The summed E-state index contributed by atoms with van der Waals surface area (Å²) < 4.78 is 4.60. The van der Waals surface area contributed by atoms with Gasteiger partial charge in [-0.15, -0.1) is 0 Å². The zero-order valence-corrected chi connectivity index (χ0v) is 12.9. The summed E-state index contributed by atoms with van der Waals surface area (Å²) in [6, 6.07) is 0. The van der Waals surface area contributed by atoms with Crippen molar-refractivity contribution in [1.29, 1.82) is 0 Å². The van der Waals surface area contributed by atoms with Gasteiger partial charge in [0.05, 0.1) is 13.0 Å². The quantitative estimate of drug-likeness (QED) is 0.776. The molecule has 0 saturated heterocycles. The third-order valence-electron chi connectivity index (χ3n) is 5.21. The lowest BCUT2D eigenvalue weighted by atomic mass is 9.54. The van der Waals surface area contributed by atoms with E-state index < -0.39 is 28.8 Å². The predicted octanol–water partition coefficient (Wildman–Crippen LogP) is 1.29. The highest BCUT2D eigenvalue weighted by Crippen LogP contribution is 2.50. The summed E-state index contributed by atoms with van der Waals surface area (Å²) in [7, 11) is 1.18. The Balaban J connectivity index is 2.38. The van der Waals surface area contributed by atoms with Crippen LogP contribution in [-0.4, -0.2) is 35.4 Å². The minimum atomic E-state index is -1.85. The van der Waals surface area contributed by atoms with Crippen molar-refractivity contribution in [1.82, 2.24) is 0 Å². The standard InChI is InChI=1S/C16H22O5/c1-9-5-6-11(17)15(2)8-7-10(13(18)12(9)15)16(3,20)14(19)21-4/h5-6,9-10,12,20H,7-8H2,1-4H3/t9-,10+,12-,15+,16+/m0/s1. The van der Waals surface area contributed by atoms with Gasteiger partial charge < -0.3 is 9.84 Å². The van der Waals surface area contributed by atoms with E-state index in [9.17, 15) is 19.5 Å². The molecule has 0 spiro atoms. The number of carbonyl (C=O) groups is 3. The number of ketones is 2. The molecule has 21 heavy (non-hydrogen) atoms. The molecule has 0 aromatic carbocycles. The van der Waals surface area contributed by atoms with E-state index in [1.165, 1.54) is 14.0 Å². The SMILES string of the molecule is COC(=O)[C@](C)(O)[C@@H]1CC[C@]2(C)C(=O)C=C[C@H](C)[C@H]2C1=O. The van der Waals surface area contributed by atoms with Gasteiger partial charge in [-0.1, -0.05) is 19.9 Å². The summed E-state index contributed by atoms with van der Waals surface area (Å²) in [5.74, 6) is -2.49. The summed E-state index contributed by atoms with van der Waals surface area (Å²) in [6.07, 6.45) is 4.07. The minimum Gasteiger partial charge on any atom is -0.467 e. The summed E-state index contributed by atoms with van der Waals surface area (Å²) >= 11 is 0. The molecule has 1 saturated carbocycles. The molecule has 116 valence electrons. The van der Waals surface area contributed by atoms with Gasteiger partial charge in [0.1, 0.15) is 5.78 Å². The number of allylic oxidation sites excluding steroid dienone is 2. The largest absolute Gasteiger partial charge is 0.467 e. The van der Waals surface area contributed by atoms with Crippen LogP contribution in [0.1, 0.15) is 33.6 Å². The maximum atomic E-state index is 12.8. The Kier molecular flexibility index (Phi) is 3.82. The minimum absolute atomic E-state index is 0.0462. The van der Waals surface area contributed by atoms with Gasteiger partial charge >= 0.3 is 5.97 Å². The Morgan fingerprint density at radius 2 is 2.10 bits per heavy atom. The van der Waals surface area contributed by atoms with Crippen molar-refractivity contribution < 1.29 is 24.2 Å². The Labute approximate surface area is 124 Å². The molecule has 0 heterocycles. The van der Waals surface area contributed by atoms with Crippen LogP contribution in [0.15, 0.2) is 12.2 Å². The van der Waals surface area contributed by atoms with E-state index in [4.69, 9.17) is 0 Å². The molecule has 0 unspecified atom stereocenters. The third kappa shape index (κ3) is 2.24. The van der Waals surface area contributed by atoms with Crippen molar-refractivity contribution in [2.75, 3.05) is 7.11 Å². The van der Waals surface area contributed by atoms with E-state index in [1.54, 1.807) is 19.1 Å². The molecule has 0 radical (unpaired) electrons. The molecular formula is C16H22O5. The first-order valence-electron chi connectivity index (χ1n) is 7.23. The van der Waals surface area contributed by atoms with Gasteiger partial charge in [0.25, 0.3) is 0 Å². The molecule has 0 amide bonds. The second-order valence-corrected chi connectivity index (χ2v) is 6.61. The molecule has 0 aliphatic heterocycles. The van der Waals surface area contributed by atoms with Crippen molar-refractivity contribution in [3.05, 3.63) is 12.2 Å². The highest BCUT2D eigenvalue weighted by atomic mass is 16.5. The van der Waals surface area contributed by atoms with Crippen LogP contribution in [0.2, 0.25) is 0 Å². The maximum absolute atomic E-state index is 12.8. The predicted molar refractivity (Wildman–Crippen MR) is 75.3 cm³/mol. The Bertz CT molecular complexity index is 519. The molecule has 2 aliphatic rings. The first-order valence-corrected chi connectivity index (χ1v) is 7.23. The molecule has 1 N–H and O–H groups in total. The van der Waals surface area contributed by atoms with Crippen molar-refractivity contribution >= 4 is 17.5 Å². The van der Waals surface area contributed by atoms with Crippen LogP contribution in [0.25, 0.3) is 0 Å². The fourth-order valence-electron chi connectivity index (χ4n) is 3.84. The molecule has 5 atom stereocenters. The number of methoxy groups -OCH3 is 1. The number of hydrogen-bond donors (Lipinski definition) is 1. The van der Waals surface area contributed by atoms with E-state index in [2.05, 4.69) is 4.74 Å². The number of fused-ring (bicyclic) bond motifs is 1. The lowest BCUT2D eigenvalue weighted by molar-refractivity contribution is -0.175. The smallest absolute Gasteiger partial charge is 0.338 e. The van der Waals surface area contributed by atoms with Crippen molar-refractivity contribution in [2.45, 2.75) is 39.2 Å². The van der Waals surface area contributed by atoms with E-state index in [1.807, 2.05) is 6.92 Å². The van der Waals surface area contributed by atoms with Crippen LogP contribution < -0.4 is 0 Å². The van der Waals surface area contributed by atoms with E-state index in [0.29, 0.717) is 12.8 Å². The number of carbonyl (C=O) groups excluding carboxylic acids is 3. The Hall–Kier alpha value is -1.49. The highest BCUT2D eigenvalue weighted by Gasteiger charge is 2.57. The van der Waals surface area contributed by atoms with Gasteiger partial charge in [0.15, 0.2) is 11.4 Å². The lowest BCUT2D eigenvalue weighted by Gasteiger charge is -2.47. The van der Waals surface area contributed by atoms with Crippen molar-refractivity contribution in [3.63, 3.8) is 0 Å². The Morgan fingerprint density at radius 3 is 2.67 bits per heavy atom. The second-order valence-electron chi connectivity index (χ2n) is 6.61. The number of ether oxygens (including phenoxy) is 1. The first-order chi connectivity index (χ1) is 9.66. The molecule has 0 aromatic heterocycles. The van der Waals surface area contributed by atoms with Gasteiger partial charge in [-0.25, -0.2) is 4.79 Å². The molecule has 5 heteroatoms. The maximum Gasteiger partial charge on any atom is 0.338 e. The zero-order valence-electron chi connectivity index (χ0n) is 12.9. The van der Waals surface area contributed by atoms with E-state index >= 15 is 0 Å². The number of rotatable bonds is 2. The molecule has 0 bridgehead atoms. The van der Waals surface area contributed by atoms with Gasteiger partial charge in [-0.05, 0) is 31.8 Å². The van der Waals surface area contributed by atoms with Crippen LogP contribution in [-0.2, 0) is 19.1 Å². The van der Waals surface area contributed by atoms with E-state index in [-0.39, 0.29) is 17.5 Å². The Morgan fingerprint density at radius 1 is 1.48 bits per heavy atom. The average molecular weight is 294 g/mol. The summed E-state index contributed by atoms with van der Waals surface area (Å²) in [5.41, 5.74) is -2.58. The number of aliphatic hydroxyl groups is 1. The highest BCUT2D eigenvalue weighted by molar-refractivity contribution is 6.03. The van der Waals surface area contributed by atoms with Crippen LogP contribution in [0.3, 0.4) is 0 Å². The molecule has 2 aliphatic carbocycles. The van der Waals surface area contributed by atoms with Gasteiger partial charge in [-0.3, -0.25) is 9.59 Å². The number of esters is 1. The monoisotopic (exact) mass is 294 g/mol. The molecule has 1 fully saturated rings. The summed E-state index contributed by atoms with van der Waals surface area (Å²) in [5, 5.41) is 10.4. The van der Waals surface area contributed by atoms with Crippen LogP contribution in [0.4, 0.5) is 0 Å². The summed E-state index contributed by atoms with van der Waals surface area (Å²) in [6.45, 7) is 5.01. The molecular weight excluding hydrogens is 272 g/mol. The summed E-state index contributed by atoms with van der Waals surface area (Å²) in [4.78, 5) is 36.8. The molecule has 2 rings (SSSR count). The molecule has 0 aromatic rings. The van der Waals surface area contributed by atoms with Crippen LogP contribution in [0.5, 0.6) is 0 Å². The number of hydrogen-bond acceptors (Lipinski definition) is 5. The first kappa shape index (κ1) is 15.9. The van der Waals surface area contributed by atoms with Crippen LogP contribution >= 0.6 is 0 Å². The third-order valence-corrected chi connectivity index (χ3v) is 5.21. The molecule has 5 nitrogen and oxygen atoms in total. The van der Waals surface area contributed by atoms with Crippen molar-refractivity contribution in [3.8, 4) is 0 Å².